The SMILES string of the molecule is C=Cc1c(F)c(N2C[C@@H]3CCCN[C@@H]3C2)c(F)c2c1c(=O)c(OC(=O)O)cn2-c1ccc(F)cc1F. The Bertz CT molecular complexity index is 1460. The molecule has 3 heterocycles. The quantitative estimate of drug-likeness (QED) is 0.405. The van der Waals surface area contributed by atoms with Gasteiger partial charge >= 0.3 is 6.16 Å². The van der Waals surface area contributed by atoms with Crippen molar-refractivity contribution < 1.29 is 32.2 Å². The number of fused-ring (bicyclic) bond motifs is 2. The number of halogens is 4. The van der Waals surface area contributed by atoms with Gasteiger partial charge < -0.3 is 24.6 Å². The molecule has 11 heteroatoms. The molecular weight excluding hydrogens is 482 g/mol. The first-order valence-electron chi connectivity index (χ1n) is 11.3. The Kier molecular flexibility index (Phi) is 5.95. The monoisotopic (exact) mass is 503 g/mol. The van der Waals surface area contributed by atoms with Gasteiger partial charge in [-0.1, -0.05) is 12.7 Å². The molecule has 0 aliphatic carbocycles. The number of carbonyl (C=O) groups is 1. The van der Waals surface area contributed by atoms with Crippen molar-refractivity contribution in [2.45, 2.75) is 18.9 Å². The molecule has 5 rings (SSSR count). The van der Waals surface area contributed by atoms with Crippen LogP contribution in [-0.2, 0) is 0 Å². The lowest BCUT2D eigenvalue weighted by Crippen LogP contribution is -2.40. The van der Waals surface area contributed by atoms with Crippen molar-refractivity contribution in [2.24, 2.45) is 5.92 Å². The molecule has 2 fully saturated rings. The molecular formula is C25H21F4N3O4. The third-order valence-corrected chi connectivity index (χ3v) is 6.79. The molecule has 36 heavy (non-hydrogen) atoms. The van der Waals surface area contributed by atoms with Crippen LogP contribution >= 0.6 is 0 Å². The minimum absolute atomic E-state index is 0.0310. The van der Waals surface area contributed by atoms with E-state index >= 15 is 8.78 Å². The highest BCUT2D eigenvalue weighted by Gasteiger charge is 2.38. The molecule has 0 amide bonds. The molecule has 0 radical (unpaired) electrons. The standard InChI is InChI=1S/C25H21F4N3O4/c1-2-14-19-22(21(29)23(20(14)28)31-9-12-4-3-7-30-16(12)10-31)32(11-18(24(19)33)36-25(34)35)17-6-5-13(26)8-15(17)27/h2,5-6,8,11-12,16,30H,1,3-4,7,9-10H2,(H,34,35)/t12-,16+/m0/s1. The average molecular weight is 503 g/mol. The maximum Gasteiger partial charge on any atom is 0.511 e. The maximum absolute atomic E-state index is 16.3. The van der Waals surface area contributed by atoms with Crippen LogP contribution in [0.15, 0.2) is 35.8 Å². The zero-order chi connectivity index (χ0) is 25.7. The summed E-state index contributed by atoms with van der Waals surface area (Å²) in [4.78, 5) is 25.9. The number of benzene rings is 2. The molecule has 7 nitrogen and oxygen atoms in total. The molecule has 1 aromatic heterocycles. The first-order valence-corrected chi connectivity index (χ1v) is 11.3. The highest BCUT2D eigenvalue weighted by molar-refractivity contribution is 5.94. The highest BCUT2D eigenvalue weighted by atomic mass is 19.1. The van der Waals surface area contributed by atoms with Crippen molar-refractivity contribution >= 4 is 28.8 Å². The summed E-state index contributed by atoms with van der Waals surface area (Å²) in [5.74, 6) is -4.87. The van der Waals surface area contributed by atoms with Crippen LogP contribution in [0.4, 0.5) is 28.0 Å². The van der Waals surface area contributed by atoms with Gasteiger partial charge in [0.2, 0.25) is 5.43 Å². The largest absolute Gasteiger partial charge is 0.511 e. The molecule has 188 valence electrons. The smallest absolute Gasteiger partial charge is 0.449 e. The lowest BCUT2D eigenvalue weighted by Gasteiger charge is -2.24. The molecule has 0 saturated carbocycles. The molecule has 0 unspecified atom stereocenters. The van der Waals surface area contributed by atoms with Gasteiger partial charge in [-0.15, -0.1) is 0 Å². The summed E-state index contributed by atoms with van der Waals surface area (Å²) in [5.41, 5.74) is -2.84. The summed E-state index contributed by atoms with van der Waals surface area (Å²) in [6.07, 6.45) is 1.77. The van der Waals surface area contributed by atoms with Crippen LogP contribution in [-0.4, -0.2) is 41.5 Å². The van der Waals surface area contributed by atoms with Crippen molar-refractivity contribution in [2.75, 3.05) is 24.5 Å². The Morgan fingerprint density at radius 2 is 1.97 bits per heavy atom. The van der Waals surface area contributed by atoms with Crippen LogP contribution in [0.2, 0.25) is 0 Å². The Balaban J connectivity index is 1.85. The van der Waals surface area contributed by atoms with Gasteiger partial charge in [0.1, 0.15) is 17.3 Å². The van der Waals surface area contributed by atoms with E-state index in [0.717, 1.165) is 48.4 Å². The van der Waals surface area contributed by atoms with E-state index < -0.39 is 62.9 Å². The molecule has 2 aliphatic rings. The van der Waals surface area contributed by atoms with Crippen LogP contribution in [0.5, 0.6) is 5.75 Å². The average Bonchev–Trinajstić information content (AvgIpc) is 3.25. The number of aromatic nitrogens is 1. The van der Waals surface area contributed by atoms with Crippen molar-refractivity contribution in [1.82, 2.24) is 9.88 Å². The van der Waals surface area contributed by atoms with E-state index in [2.05, 4.69) is 16.6 Å². The summed E-state index contributed by atoms with van der Waals surface area (Å²) >= 11 is 0. The van der Waals surface area contributed by atoms with Crippen LogP contribution in [0.3, 0.4) is 0 Å². The second kappa shape index (κ2) is 8.98. The molecule has 2 N–H and O–H groups in total. The number of carboxylic acid groups (broad SMARTS) is 1. The van der Waals surface area contributed by atoms with Crippen LogP contribution in [0, 0.1) is 29.2 Å². The van der Waals surface area contributed by atoms with Crippen LogP contribution in [0.1, 0.15) is 18.4 Å². The highest BCUT2D eigenvalue weighted by Crippen LogP contribution is 2.39. The van der Waals surface area contributed by atoms with E-state index in [4.69, 9.17) is 5.11 Å². The maximum atomic E-state index is 16.3. The van der Waals surface area contributed by atoms with Gasteiger partial charge in [-0.3, -0.25) is 4.79 Å². The van der Waals surface area contributed by atoms with Gasteiger partial charge in [0.05, 0.1) is 22.8 Å². The number of hydrogen-bond acceptors (Lipinski definition) is 5. The van der Waals surface area contributed by atoms with Crippen molar-refractivity contribution in [1.29, 1.82) is 0 Å². The predicted octanol–water partition coefficient (Wildman–Crippen LogP) is 4.44. The first-order chi connectivity index (χ1) is 17.2. The summed E-state index contributed by atoms with van der Waals surface area (Å²) < 4.78 is 65.9. The van der Waals surface area contributed by atoms with Gasteiger partial charge in [-0.2, -0.15) is 0 Å². The normalized spacial score (nSPS) is 19.4. The van der Waals surface area contributed by atoms with E-state index in [0.29, 0.717) is 19.2 Å². The second-order valence-electron chi connectivity index (χ2n) is 8.84. The fourth-order valence-corrected chi connectivity index (χ4v) is 5.23. The number of nitrogens with zero attached hydrogens (tertiary/aromatic N) is 2. The summed E-state index contributed by atoms with van der Waals surface area (Å²) in [6, 6.07) is 2.48. The fourth-order valence-electron chi connectivity index (χ4n) is 5.23. The zero-order valence-corrected chi connectivity index (χ0v) is 18.9. The summed E-state index contributed by atoms with van der Waals surface area (Å²) in [6.45, 7) is 5.03. The number of anilines is 1. The van der Waals surface area contributed by atoms with E-state index in [1.807, 2.05) is 0 Å². The van der Waals surface area contributed by atoms with E-state index in [1.165, 1.54) is 0 Å². The fraction of sp³-hybridized carbons (Fsp3) is 0.280. The van der Waals surface area contributed by atoms with Crippen LogP contribution < -0.4 is 20.4 Å². The number of ether oxygens (including phenoxy) is 1. The van der Waals surface area contributed by atoms with Crippen LogP contribution in [0.25, 0.3) is 22.7 Å². The second-order valence-corrected chi connectivity index (χ2v) is 8.84. The first kappa shape index (κ1) is 23.9. The van der Waals surface area contributed by atoms with Gasteiger partial charge in [0.25, 0.3) is 0 Å². The lowest BCUT2D eigenvalue weighted by molar-refractivity contribution is 0.144. The predicted molar refractivity (Wildman–Crippen MR) is 125 cm³/mol. The van der Waals surface area contributed by atoms with Gasteiger partial charge in [0, 0.05) is 30.8 Å². The zero-order valence-electron chi connectivity index (χ0n) is 18.9. The number of piperidine rings is 1. The van der Waals surface area contributed by atoms with E-state index in [1.54, 1.807) is 4.90 Å². The third kappa shape index (κ3) is 3.79. The van der Waals surface area contributed by atoms with Crippen molar-refractivity contribution in [3.8, 4) is 11.4 Å². The van der Waals surface area contributed by atoms with E-state index in [-0.39, 0.29) is 17.5 Å². The van der Waals surface area contributed by atoms with Crippen molar-refractivity contribution in [3.63, 3.8) is 0 Å². The van der Waals surface area contributed by atoms with Gasteiger partial charge in [-0.05, 0) is 37.4 Å². The third-order valence-electron chi connectivity index (χ3n) is 6.79. The number of pyridine rings is 1. The van der Waals surface area contributed by atoms with Gasteiger partial charge in [-0.25, -0.2) is 22.4 Å². The molecule has 0 spiro atoms. The summed E-state index contributed by atoms with van der Waals surface area (Å²) in [5, 5.41) is 11.8. The van der Waals surface area contributed by atoms with Gasteiger partial charge in [0.15, 0.2) is 17.4 Å². The molecule has 3 aromatic rings. The Morgan fingerprint density at radius 3 is 2.64 bits per heavy atom. The summed E-state index contributed by atoms with van der Waals surface area (Å²) in [7, 11) is 0. The van der Waals surface area contributed by atoms with E-state index in [9.17, 15) is 18.4 Å². The minimum atomic E-state index is -1.86. The molecule has 2 saturated heterocycles. The molecule has 0 bridgehead atoms. The lowest BCUT2D eigenvalue weighted by atomic mass is 9.94. The number of hydrogen-bond donors (Lipinski definition) is 2. The molecule has 2 aliphatic heterocycles. The molecule has 2 aromatic carbocycles. The number of rotatable bonds is 4. The number of nitrogens with one attached hydrogen (secondary N) is 1. The Hall–Kier alpha value is -3.86. The minimum Gasteiger partial charge on any atom is -0.449 e. The Labute approximate surface area is 202 Å². The Morgan fingerprint density at radius 1 is 1.19 bits per heavy atom. The van der Waals surface area contributed by atoms with Crippen molar-refractivity contribution in [3.05, 3.63) is 70.0 Å². The topological polar surface area (TPSA) is 83.8 Å². The molecule has 2 atom stereocenters.